The Kier molecular flexibility index (Phi) is 3.68. The van der Waals surface area contributed by atoms with Crippen molar-refractivity contribution in [3.05, 3.63) is 11.6 Å². The van der Waals surface area contributed by atoms with Crippen LogP contribution in [-0.4, -0.2) is 18.3 Å². The predicted octanol–water partition coefficient (Wildman–Crippen LogP) is 3.39. The summed E-state index contributed by atoms with van der Waals surface area (Å²) in [5.74, 6) is 0.163. The molecule has 4 heteroatoms. The Hall–Kier alpha value is 0.0700. The quantitative estimate of drug-likeness (QED) is 0.572. The van der Waals surface area contributed by atoms with Crippen molar-refractivity contribution < 1.29 is 4.79 Å². The molecule has 0 atom stereocenters. The fourth-order valence-electron chi connectivity index (χ4n) is 0.850. The third-order valence-corrected chi connectivity index (χ3v) is 4.78. The normalized spacial score (nSPS) is 10.2. The van der Waals surface area contributed by atoms with Crippen LogP contribution in [0.1, 0.15) is 17.3 Å². The molecule has 12 heavy (non-hydrogen) atoms. The summed E-state index contributed by atoms with van der Waals surface area (Å²) in [5, 5.41) is 0. The molecule has 0 spiro atoms. The zero-order valence-electron chi connectivity index (χ0n) is 7.21. The molecular weight excluding hydrogens is 208 g/mol. The molecule has 0 saturated carbocycles. The fraction of sp³-hybridized carbons (Fsp3) is 0.375. The molecule has 1 heterocycles. The average Bonchev–Trinajstić information content (AvgIpc) is 2.47. The van der Waals surface area contributed by atoms with Crippen LogP contribution in [0.3, 0.4) is 0 Å². The van der Waals surface area contributed by atoms with Crippen molar-refractivity contribution in [1.29, 1.82) is 0 Å². The van der Waals surface area contributed by atoms with E-state index in [-0.39, 0.29) is 5.78 Å². The van der Waals surface area contributed by atoms with Crippen molar-refractivity contribution in [1.82, 2.24) is 0 Å². The molecule has 1 aromatic heterocycles. The monoisotopic (exact) mass is 218 g/mol. The van der Waals surface area contributed by atoms with E-state index in [4.69, 9.17) is 0 Å². The van der Waals surface area contributed by atoms with Gasteiger partial charge in [-0.25, -0.2) is 0 Å². The van der Waals surface area contributed by atoms with Crippen molar-refractivity contribution in [3.8, 4) is 0 Å². The maximum Gasteiger partial charge on any atom is 0.161 e. The molecule has 1 rings (SSSR count). The minimum atomic E-state index is 0.163. The Morgan fingerprint density at radius 3 is 2.42 bits per heavy atom. The van der Waals surface area contributed by atoms with E-state index in [0.29, 0.717) is 0 Å². The first-order chi connectivity index (χ1) is 5.69. The summed E-state index contributed by atoms with van der Waals surface area (Å²) >= 11 is 5.03. The summed E-state index contributed by atoms with van der Waals surface area (Å²) in [6, 6.07) is 1.98. The van der Waals surface area contributed by atoms with Crippen LogP contribution in [0, 0.1) is 0 Å². The Morgan fingerprint density at radius 1 is 1.42 bits per heavy atom. The maximum atomic E-state index is 11.1. The topological polar surface area (TPSA) is 17.1 Å². The van der Waals surface area contributed by atoms with Gasteiger partial charge in [0.2, 0.25) is 0 Å². The van der Waals surface area contributed by atoms with Crippen LogP contribution in [-0.2, 0) is 0 Å². The largest absolute Gasteiger partial charge is 0.294 e. The van der Waals surface area contributed by atoms with Crippen LogP contribution in [0.4, 0.5) is 0 Å². The summed E-state index contributed by atoms with van der Waals surface area (Å²) in [7, 11) is 0. The van der Waals surface area contributed by atoms with Gasteiger partial charge >= 0.3 is 0 Å². The lowest BCUT2D eigenvalue weighted by Crippen LogP contribution is -1.89. The number of thiophene rings is 1. The highest BCUT2D eigenvalue weighted by Gasteiger charge is 2.10. The van der Waals surface area contributed by atoms with Crippen LogP contribution in [0.25, 0.3) is 0 Å². The van der Waals surface area contributed by atoms with E-state index < -0.39 is 0 Å². The summed E-state index contributed by atoms with van der Waals surface area (Å²) in [5.41, 5.74) is 0.872. The minimum absolute atomic E-state index is 0.163. The summed E-state index contributed by atoms with van der Waals surface area (Å²) < 4.78 is 2.34. The molecule has 0 saturated heterocycles. The molecule has 0 fully saturated rings. The van der Waals surface area contributed by atoms with Gasteiger partial charge in [0.1, 0.15) is 0 Å². The number of carbonyl (C=O) groups excluding carboxylic acids is 1. The molecular formula is C8H10OS3. The molecule has 0 aliphatic carbocycles. The first kappa shape index (κ1) is 10.2. The lowest BCUT2D eigenvalue weighted by molar-refractivity contribution is 0.101. The number of thioether (sulfide) groups is 2. The molecule has 0 amide bonds. The Bertz CT molecular complexity index is 290. The Balaban J connectivity index is 3.08. The predicted molar refractivity (Wildman–Crippen MR) is 57.9 cm³/mol. The lowest BCUT2D eigenvalue weighted by Gasteiger charge is -1.91. The van der Waals surface area contributed by atoms with Gasteiger partial charge in [0.05, 0.1) is 8.42 Å². The van der Waals surface area contributed by atoms with E-state index in [9.17, 15) is 4.79 Å². The fourth-order valence-corrected chi connectivity index (χ4v) is 3.52. The third kappa shape index (κ3) is 2.06. The van der Waals surface area contributed by atoms with Crippen molar-refractivity contribution in [3.63, 3.8) is 0 Å². The minimum Gasteiger partial charge on any atom is -0.294 e. The second-order valence-corrected chi connectivity index (χ2v) is 5.46. The van der Waals surface area contributed by atoms with Crippen LogP contribution in [0.2, 0.25) is 0 Å². The van der Waals surface area contributed by atoms with Gasteiger partial charge in [0.25, 0.3) is 0 Å². The molecule has 0 aliphatic rings. The molecule has 0 radical (unpaired) electrons. The maximum absolute atomic E-state index is 11.1. The zero-order chi connectivity index (χ0) is 9.14. The molecule has 0 unspecified atom stereocenters. The molecule has 0 bridgehead atoms. The van der Waals surface area contributed by atoms with Crippen LogP contribution < -0.4 is 0 Å². The van der Waals surface area contributed by atoms with E-state index in [1.165, 1.54) is 4.21 Å². The van der Waals surface area contributed by atoms with Crippen LogP contribution >= 0.6 is 34.9 Å². The van der Waals surface area contributed by atoms with E-state index in [1.807, 2.05) is 18.6 Å². The number of Topliss-reactive ketones (excluding diaryl/α,β-unsaturated/α-hetero) is 1. The van der Waals surface area contributed by atoms with Gasteiger partial charge in [0.15, 0.2) is 5.78 Å². The van der Waals surface area contributed by atoms with Crippen molar-refractivity contribution in [2.45, 2.75) is 15.3 Å². The molecule has 66 valence electrons. The highest BCUT2D eigenvalue weighted by atomic mass is 32.2. The summed E-state index contributed by atoms with van der Waals surface area (Å²) in [6.07, 6.45) is 4.03. The summed E-state index contributed by atoms with van der Waals surface area (Å²) in [4.78, 5) is 11.1. The van der Waals surface area contributed by atoms with Crippen molar-refractivity contribution >= 4 is 40.6 Å². The third-order valence-electron chi connectivity index (χ3n) is 1.44. The standard InChI is InChI=1S/C8H10OS3/c1-5(9)6-4-7(10-2)12-8(6)11-3/h4H,1-3H3. The van der Waals surface area contributed by atoms with Crippen LogP contribution in [0.5, 0.6) is 0 Å². The number of rotatable bonds is 3. The smallest absolute Gasteiger partial charge is 0.161 e. The molecule has 1 nitrogen and oxygen atoms in total. The number of ketones is 1. The average molecular weight is 218 g/mol. The van der Waals surface area contributed by atoms with Crippen LogP contribution in [0.15, 0.2) is 14.5 Å². The van der Waals surface area contributed by atoms with E-state index >= 15 is 0 Å². The highest BCUT2D eigenvalue weighted by Crippen LogP contribution is 2.35. The zero-order valence-corrected chi connectivity index (χ0v) is 9.66. The van der Waals surface area contributed by atoms with E-state index in [2.05, 4.69) is 0 Å². The molecule has 0 aliphatic heterocycles. The molecule has 0 aromatic carbocycles. The number of hydrogen-bond acceptors (Lipinski definition) is 4. The van der Waals surface area contributed by atoms with Gasteiger partial charge in [-0.3, -0.25) is 4.79 Å². The Labute approximate surface area is 84.9 Å². The molecule has 0 N–H and O–H groups in total. The number of carbonyl (C=O) groups is 1. The first-order valence-electron chi connectivity index (χ1n) is 3.41. The SMILES string of the molecule is CSc1cc(C(C)=O)c(SC)s1. The van der Waals surface area contributed by atoms with E-state index in [0.717, 1.165) is 9.77 Å². The van der Waals surface area contributed by atoms with Gasteiger partial charge in [-0.05, 0) is 25.5 Å². The van der Waals surface area contributed by atoms with Gasteiger partial charge in [-0.1, -0.05) is 0 Å². The highest BCUT2D eigenvalue weighted by molar-refractivity contribution is 8.02. The van der Waals surface area contributed by atoms with Crippen molar-refractivity contribution in [2.75, 3.05) is 12.5 Å². The summed E-state index contributed by atoms with van der Waals surface area (Å²) in [6.45, 7) is 1.62. The second-order valence-electron chi connectivity index (χ2n) is 2.23. The van der Waals surface area contributed by atoms with E-state index in [1.54, 1.807) is 41.8 Å². The second kappa shape index (κ2) is 4.35. The molecule has 1 aromatic rings. The van der Waals surface area contributed by atoms with Crippen molar-refractivity contribution in [2.24, 2.45) is 0 Å². The first-order valence-corrected chi connectivity index (χ1v) is 6.68. The Morgan fingerprint density at radius 2 is 2.08 bits per heavy atom. The number of hydrogen-bond donors (Lipinski definition) is 0. The van der Waals surface area contributed by atoms with Gasteiger partial charge in [-0.15, -0.1) is 34.9 Å². The van der Waals surface area contributed by atoms with Gasteiger partial charge < -0.3 is 0 Å². The lowest BCUT2D eigenvalue weighted by atomic mass is 10.2. The van der Waals surface area contributed by atoms with Gasteiger partial charge in [0, 0.05) is 5.56 Å². The van der Waals surface area contributed by atoms with Gasteiger partial charge in [-0.2, -0.15) is 0 Å².